The van der Waals surface area contributed by atoms with Crippen molar-refractivity contribution in [2.24, 2.45) is 0 Å². The molecule has 2 aliphatic heterocycles. The maximum Gasteiger partial charge on any atom is 0.262 e. The average Bonchev–Trinajstić information content (AvgIpc) is 2.69. The molecule has 1 atom stereocenters. The van der Waals surface area contributed by atoms with Crippen molar-refractivity contribution in [1.29, 1.82) is 0 Å². The van der Waals surface area contributed by atoms with Crippen molar-refractivity contribution in [2.45, 2.75) is 6.04 Å². The molecule has 5 nitrogen and oxygen atoms in total. The third kappa shape index (κ3) is 2.91. The Kier molecular flexibility index (Phi) is 4.28. The van der Waals surface area contributed by atoms with Crippen LogP contribution in [0.15, 0.2) is 78.6 Å². The third-order valence-corrected chi connectivity index (χ3v) is 4.92. The molecule has 4 rings (SSSR count). The number of allylic oxidation sites excluding steroid dienone is 1. The van der Waals surface area contributed by atoms with Gasteiger partial charge in [0, 0.05) is 43.8 Å². The molecule has 2 aromatic rings. The smallest absolute Gasteiger partial charge is 0.262 e. The van der Waals surface area contributed by atoms with Crippen LogP contribution in [0.2, 0.25) is 0 Å². The van der Waals surface area contributed by atoms with Gasteiger partial charge in [0.2, 0.25) is 0 Å². The fourth-order valence-corrected chi connectivity index (χ4v) is 3.54. The number of rotatable bonds is 3. The Morgan fingerprint density at radius 3 is 2.33 bits per heavy atom. The number of hydrogen-bond donors (Lipinski definition) is 0. The van der Waals surface area contributed by atoms with E-state index in [9.17, 15) is 9.59 Å². The van der Waals surface area contributed by atoms with E-state index in [0.717, 1.165) is 11.4 Å². The second-order valence-corrected chi connectivity index (χ2v) is 6.83. The number of hydrogen-bond acceptors (Lipinski definition) is 4. The van der Waals surface area contributed by atoms with Gasteiger partial charge in [0.25, 0.3) is 5.91 Å². The van der Waals surface area contributed by atoms with Crippen molar-refractivity contribution in [3.63, 3.8) is 0 Å². The SMILES string of the molecule is CN(C)C1=CCN(C2C(=O)c3ccccc3N(c3ccccc3)C2=O)C=C1. The molecule has 0 saturated heterocycles. The minimum atomic E-state index is -0.865. The summed E-state index contributed by atoms with van der Waals surface area (Å²) in [6, 6.07) is 15.9. The largest absolute Gasteiger partial charge is 0.378 e. The molecule has 2 aliphatic rings. The number of para-hydroxylation sites is 2. The van der Waals surface area contributed by atoms with Gasteiger partial charge in [-0.15, -0.1) is 0 Å². The second-order valence-electron chi connectivity index (χ2n) is 6.83. The molecule has 1 amide bonds. The number of anilines is 2. The minimum absolute atomic E-state index is 0.158. The molecule has 0 radical (unpaired) electrons. The van der Waals surface area contributed by atoms with Crippen molar-refractivity contribution < 1.29 is 9.59 Å². The van der Waals surface area contributed by atoms with E-state index in [1.54, 1.807) is 11.0 Å². The number of carbonyl (C=O) groups excluding carboxylic acids is 2. The summed E-state index contributed by atoms with van der Waals surface area (Å²) in [5.74, 6) is -0.384. The Bertz CT molecular complexity index is 947. The molecular weight excluding hydrogens is 338 g/mol. The van der Waals surface area contributed by atoms with Gasteiger partial charge in [0.05, 0.1) is 5.69 Å². The summed E-state index contributed by atoms with van der Waals surface area (Å²) < 4.78 is 0. The summed E-state index contributed by atoms with van der Waals surface area (Å²) >= 11 is 0. The Morgan fingerprint density at radius 1 is 0.963 bits per heavy atom. The number of fused-ring (bicyclic) bond motifs is 1. The first kappa shape index (κ1) is 17.1. The van der Waals surface area contributed by atoms with E-state index >= 15 is 0 Å². The molecular formula is C22H21N3O2. The summed E-state index contributed by atoms with van der Waals surface area (Å²) in [4.78, 5) is 32.0. The molecule has 0 N–H and O–H groups in total. The highest BCUT2D eigenvalue weighted by atomic mass is 16.2. The standard InChI is InChI=1S/C22H21N3O2/c1-23(2)16-12-14-24(15-13-16)20-21(26)18-10-6-7-11-19(18)25(22(20)27)17-8-4-3-5-9-17/h3-14,20H,15H2,1-2H3. The van der Waals surface area contributed by atoms with Crippen molar-refractivity contribution in [2.75, 3.05) is 25.5 Å². The molecule has 0 aliphatic carbocycles. The number of carbonyl (C=O) groups is 2. The van der Waals surface area contributed by atoms with Crippen molar-refractivity contribution in [1.82, 2.24) is 9.80 Å². The van der Waals surface area contributed by atoms with Crippen LogP contribution in [0.5, 0.6) is 0 Å². The van der Waals surface area contributed by atoms with Gasteiger partial charge in [-0.25, -0.2) is 0 Å². The van der Waals surface area contributed by atoms with E-state index in [2.05, 4.69) is 0 Å². The van der Waals surface area contributed by atoms with Crippen LogP contribution in [0, 0.1) is 0 Å². The highest BCUT2D eigenvalue weighted by molar-refractivity contribution is 6.26. The number of benzene rings is 2. The predicted octanol–water partition coefficient (Wildman–Crippen LogP) is 3.19. The maximum absolute atomic E-state index is 13.4. The van der Waals surface area contributed by atoms with Gasteiger partial charge in [-0.3, -0.25) is 14.5 Å². The highest BCUT2D eigenvalue weighted by Gasteiger charge is 2.42. The molecule has 1 unspecified atom stereocenters. The van der Waals surface area contributed by atoms with Gasteiger partial charge in [-0.1, -0.05) is 30.3 Å². The van der Waals surface area contributed by atoms with E-state index in [-0.39, 0.29) is 11.7 Å². The average molecular weight is 359 g/mol. The van der Waals surface area contributed by atoms with Gasteiger partial charge in [0.15, 0.2) is 11.8 Å². The molecule has 0 spiro atoms. The lowest BCUT2D eigenvalue weighted by molar-refractivity contribution is -0.120. The summed E-state index contributed by atoms with van der Waals surface area (Å²) in [6.45, 7) is 0.511. The molecule has 5 heteroatoms. The lowest BCUT2D eigenvalue weighted by Gasteiger charge is -2.38. The van der Waals surface area contributed by atoms with Crippen LogP contribution in [0.3, 0.4) is 0 Å². The first-order valence-corrected chi connectivity index (χ1v) is 8.91. The molecule has 2 heterocycles. The zero-order valence-corrected chi connectivity index (χ0v) is 15.4. The van der Waals surface area contributed by atoms with Crippen LogP contribution in [0.1, 0.15) is 10.4 Å². The molecule has 2 aromatic carbocycles. The summed E-state index contributed by atoms with van der Waals surface area (Å²) in [5, 5.41) is 0. The van der Waals surface area contributed by atoms with E-state index in [0.29, 0.717) is 17.8 Å². The van der Waals surface area contributed by atoms with Crippen LogP contribution in [0.25, 0.3) is 0 Å². The zero-order valence-electron chi connectivity index (χ0n) is 15.4. The van der Waals surface area contributed by atoms with E-state index in [1.165, 1.54) is 0 Å². The number of ketones is 1. The van der Waals surface area contributed by atoms with Gasteiger partial charge < -0.3 is 9.80 Å². The first-order valence-electron chi connectivity index (χ1n) is 8.91. The Hall–Kier alpha value is -3.34. The predicted molar refractivity (Wildman–Crippen MR) is 106 cm³/mol. The molecule has 0 bridgehead atoms. The van der Waals surface area contributed by atoms with Crippen LogP contribution in [-0.2, 0) is 4.79 Å². The molecule has 0 fully saturated rings. The van der Waals surface area contributed by atoms with Crippen LogP contribution in [0.4, 0.5) is 11.4 Å². The Labute approximate surface area is 158 Å². The fourth-order valence-electron chi connectivity index (χ4n) is 3.54. The Balaban J connectivity index is 1.76. The maximum atomic E-state index is 13.4. The zero-order chi connectivity index (χ0) is 19.0. The molecule has 136 valence electrons. The normalized spacial score (nSPS) is 19.0. The van der Waals surface area contributed by atoms with E-state index in [4.69, 9.17) is 0 Å². The van der Waals surface area contributed by atoms with E-state index < -0.39 is 6.04 Å². The second kappa shape index (κ2) is 6.76. The summed E-state index contributed by atoms with van der Waals surface area (Å²) in [5.41, 5.74) is 3.03. The van der Waals surface area contributed by atoms with Gasteiger partial charge in [-0.05, 0) is 36.4 Å². The number of nitrogens with zero attached hydrogens (tertiary/aromatic N) is 3. The molecule has 0 saturated carbocycles. The van der Waals surface area contributed by atoms with Gasteiger partial charge in [0.1, 0.15) is 0 Å². The topological polar surface area (TPSA) is 43.9 Å². The monoisotopic (exact) mass is 359 g/mol. The van der Waals surface area contributed by atoms with Gasteiger partial charge in [-0.2, -0.15) is 0 Å². The van der Waals surface area contributed by atoms with Crippen molar-refractivity contribution in [3.05, 3.63) is 84.2 Å². The third-order valence-electron chi connectivity index (χ3n) is 4.92. The van der Waals surface area contributed by atoms with Crippen molar-refractivity contribution in [3.8, 4) is 0 Å². The lowest BCUT2D eigenvalue weighted by atomic mass is 9.93. The molecule has 0 aromatic heterocycles. The van der Waals surface area contributed by atoms with E-state index in [1.807, 2.05) is 90.8 Å². The lowest BCUT2D eigenvalue weighted by Crippen LogP contribution is -2.54. The quantitative estimate of drug-likeness (QED) is 0.790. The van der Waals surface area contributed by atoms with Crippen LogP contribution in [-0.4, -0.2) is 48.2 Å². The van der Waals surface area contributed by atoms with Crippen LogP contribution < -0.4 is 4.90 Å². The Morgan fingerprint density at radius 2 is 1.67 bits per heavy atom. The summed E-state index contributed by atoms with van der Waals surface area (Å²) in [7, 11) is 3.94. The minimum Gasteiger partial charge on any atom is -0.378 e. The highest BCUT2D eigenvalue weighted by Crippen LogP contribution is 2.35. The van der Waals surface area contributed by atoms with Gasteiger partial charge >= 0.3 is 0 Å². The first-order chi connectivity index (χ1) is 13.1. The number of amides is 1. The molecule has 27 heavy (non-hydrogen) atoms. The summed E-state index contributed by atoms with van der Waals surface area (Å²) in [6.07, 6.45) is 5.79. The van der Waals surface area contributed by atoms with Crippen LogP contribution >= 0.6 is 0 Å². The fraction of sp³-hybridized carbons (Fsp3) is 0.182. The van der Waals surface area contributed by atoms with Crippen molar-refractivity contribution >= 4 is 23.1 Å². The number of likely N-dealkylation sites (N-methyl/N-ethyl adjacent to an activating group) is 1. The number of Topliss-reactive ketones (excluding diaryl/α,β-unsaturated/α-hetero) is 1.